The van der Waals surface area contributed by atoms with Crippen LogP contribution >= 0.6 is 0 Å². The summed E-state index contributed by atoms with van der Waals surface area (Å²) in [6.07, 6.45) is 2.42. The van der Waals surface area contributed by atoms with E-state index in [1.807, 2.05) is 19.1 Å². The van der Waals surface area contributed by atoms with Crippen LogP contribution in [0.3, 0.4) is 0 Å². The summed E-state index contributed by atoms with van der Waals surface area (Å²) in [5, 5.41) is 3.15. The van der Waals surface area contributed by atoms with E-state index in [9.17, 15) is 9.18 Å². The molecule has 6 rings (SSSR count). The zero-order valence-electron chi connectivity index (χ0n) is 21.9. The number of furan rings is 1. The highest BCUT2D eigenvalue weighted by molar-refractivity contribution is 5.83. The predicted molar refractivity (Wildman–Crippen MR) is 141 cm³/mol. The van der Waals surface area contributed by atoms with Gasteiger partial charge in [0.25, 0.3) is 0 Å². The molecule has 0 spiro atoms. The molecule has 0 aliphatic carbocycles. The average molecular weight is 549 g/mol. The molecule has 1 aromatic carbocycles. The Morgan fingerprint density at radius 1 is 1.12 bits per heavy atom. The molecular weight excluding hydrogens is 519 g/mol. The number of anilines is 1. The van der Waals surface area contributed by atoms with E-state index in [4.69, 9.17) is 23.6 Å². The molecule has 12 heteroatoms. The topological polar surface area (TPSA) is 128 Å². The highest BCUT2D eigenvalue weighted by Gasteiger charge is 2.43. The Morgan fingerprint density at radius 3 is 2.62 bits per heavy atom. The SMILES string of the molecule is CC1(C(=O)N2CCOCC2)COC(c2nc(-c3ccc(F)cc3)c(-c3ccnc(NCc4ccco4)n3)[nH]2)OC1. The molecule has 4 aromatic rings. The van der Waals surface area contributed by atoms with Crippen molar-refractivity contribution in [2.45, 2.75) is 19.8 Å². The van der Waals surface area contributed by atoms with Gasteiger partial charge in [0.15, 0.2) is 5.82 Å². The number of halogens is 1. The van der Waals surface area contributed by atoms with Gasteiger partial charge < -0.3 is 33.8 Å². The molecule has 208 valence electrons. The Balaban J connectivity index is 1.25. The number of benzene rings is 1. The number of rotatable bonds is 7. The largest absolute Gasteiger partial charge is 0.467 e. The number of H-pyrrole nitrogens is 1. The molecule has 11 nitrogen and oxygen atoms in total. The molecule has 2 fully saturated rings. The Hall–Kier alpha value is -4.13. The number of imidazole rings is 1. The van der Waals surface area contributed by atoms with Gasteiger partial charge in [-0.15, -0.1) is 0 Å². The molecular formula is C28H29FN6O5. The first-order chi connectivity index (χ1) is 19.5. The molecule has 0 radical (unpaired) electrons. The maximum Gasteiger partial charge on any atom is 0.233 e. The third kappa shape index (κ3) is 5.46. The number of morpholine rings is 1. The van der Waals surface area contributed by atoms with E-state index in [1.165, 1.54) is 12.1 Å². The highest BCUT2D eigenvalue weighted by Crippen LogP contribution is 2.36. The van der Waals surface area contributed by atoms with E-state index in [0.29, 0.717) is 67.3 Å². The van der Waals surface area contributed by atoms with Gasteiger partial charge in [0.2, 0.25) is 18.1 Å². The lowest BCUT2D eigenvalue weighted by Crippen LogP contribution is -2.53. The Morgan fingerprint density at radius 2 is 1.90 bits per heavy atom. The smallest absolute Gasteiger partial charge is 0.233 e. The van der Waals surface area contributed by atoms with E-state index in [-0.39, 0.29) is 24.9 Å². The van der Waals surface area contributed by atoms with Gasteiger partial charge >= 0.3 is 0 Å². The first kappa shape index (κ1) is 26.1. The summed E-state index contributed by atoms with van der Waals surface area (Å²) in [4.78, 5) is 32.0. The minimum absolute atomic E-state index is 0.0167. The third-order valence-electron chi connectivity index (χ3n) is 6.90. The number of hydrogen-bond donors (Lipinski definition) is 2. The third-order valence-corrected chi connectivity index (χ3v) is 6.90. The Bertz CT molecular complexity index is 1440. The molecule has 2 N–H and O–H groups in total. The molecule has 0 atom stereocenters. The van der Waals surface area contributed by atoms with E-state index in [1.54, 1.807) is 35.6 Å². The minimum atomic E-state index is -0.822. The maximum atomic E-state index is 13.7. The van der Waals surface area contributed by atoms with Crippen molar-refractivity contribution in [3.8, 4) is 22.6 Å². The van der Waals surface area contributed by atoms with Crippen LogP contribution in [-0.2, 0) is 25.5 Å². The minimum Gasteiger partial charge on any atom is -0.467 e. The first-order valence-electron chi connectivity index (χ1n) is 13.0. The van der Waals surface area contributed by atoms with Crippen LogP contribution in [0.15, 0.2) is 59.3 Å². The van der Waals surface area contributed by atoms with Crippen molar-refractivity contribution in [2.75, 3.05) is 44.8 Å². The van der Waals surface area contributed by atoms with Crippen molar-refractivity contribution < 1.29 is 27.8 Å². The molecule has 2 aliphatic rings. The molecule has 0 bridgehead atoms. The standard InChI is InChI=1S/C28H29FN6O5/c1-28(26(36)35-10-13-37-14-11-35)16-39-25(40-17-28)24-33-22(18-4-6-19(29)7-5-18)23(34-24)21-8-9-30-27(32-21)31-15-20-3-2-12-38-20/h2-9,12,25H,10-11,13-17H2,1H3,(H,33,34)(H,30,31,32). The fourth-order valence-corrected chi connectivity index (χ4v) is 4.71. The van der Waals surface area contributed by atoms with Crippen molar-refractivity contribution in [3.63, 3.8) is 0 Å². The Labute approximate surface area is 229 Å². The second-order valence-corrected chi connectivity index (χ2v) is 9.97. The first-order valence-corrected chi connectivity index (χ1v) is 13.0. The summed E-state index contributed by atoms with van der Waals surface area (Å²) in [6.45, 7) is 4.76. The molecule has 0 unspecified atom stereocenters. The number of carbonyl (C=O) groups is 1. The van der Waals surface area contributed by atoms with Crippen LogP contribution < -0.4 is 5.32 Å². The van der Waals surface area contributed by atoms with E-state index < -0.39 is 11.7 Å². The van der Waals surface area contributed by atoms with Crippen LogP contribution in [-0.4, -0.2) is 70.3 Å². The quantitative estimate of drug-likeness (QED) is 0.355. The maximum absolute atomic E-state index is 13.7. The molecule has 1 amide bonds. The lowest BCUT2D eigenvalue weighted by atomic mass is 9.90. The predicted octanol–water partition coefficient (Wildman–Crippen LogP) is 3.79. The summed E-state index contributed by atoms with van der Waals surface area (Å²) in [5.74, 6) is 1.19. The second kappa shape index (κ2) is 11.2. The number of aromatic nitrogens is 4. The number of nitrogens with one attached hydrogen (secondary N) is 2. The van der Waals surface area contributed by atoms with Gasteiger partial charge in [-0.05, 0) is 49.4 Å². The van der Waals surface area contributed by atoms with E-state index in [0.717, 1.165) is 5.76 Å². The van der Waals surface area contributed by atoms with Crippen LogP contribution in [0.4, 0.5) is 10.3 Å². The van der Waals surface area contributed by atoms with Crippen LogP contribution in [0.1, 0.15) is 24.8 Å². The fraction of sp³-hybridized carbons (Fsp3) is 0.357. The monoisotopic (exact) mass is 548 g/mol. The molecule has 0 saturated carbocycles. The number of ether oxygens (including phenoxy) is 3. The molecule has 3 aromatic heterocycles. The number of hydrogen-bond acceptors (Lipinski definition) is 9. The van der Waals surface area contributed by atoms with Crippen molar-refractivity contribution in [1.82, 2.24) is 24.8 Å². The summed E-state index contributed by atoms with van der Waals surface area (Å²) in [5.41, 5.74) is 1.58. The van der Waals surface area contributed by atoms with Gasteiger partial charge in [0.05, 0.1) is 61.7 Å². The summed E-state index contributed by atoms with van der Waals surface area (Å²) >= 11 is 0. The molecule has 2 aliphatic heterocycles. The summed E-state index contributed by atoms with van der Waals surface area (Å²) in [7, 11) is 0. The highest BCUT2D eigenvalue weighted by atomic mass is 19.1. The zero-order valence-corrected chi connectivity index (χ0v) is 21.9. The molecule has 5 heterocycles. The van der Waals surface area contributed by atoms with Crippen molar-refractivity contribution in [1.29, 1.82) is 0 Å². The Kier molecular flexibility index (Phi) is 7.29. The normalized spacial score (nSPS) is 21.4. The lowest BCUT2D eigenvalue weighted by Gasteiger charge is -2.39. The van der Waals surface area contributed by atoms with Gasteiger partial charge in [0, 0.05) is 24.8 Å². The van der Waals surface area contributed by atoms with Gasteiger partial charge in [-0.1, -0.05) is 0 Å². The summed E-state index contributed by atoms with van der Waals surface area (Å²) in [6, 6.07) is 11.5. The van der Waals surface area contributed by atoms with Gasteiger partial charge in [0.1, 0.15) is 11.6 Å². The van der Waals surface area contributed by atoms with Crippen LogP contribution in [0, 0.1) is 11.2 Å². The second-order valence-electron chi connectivity index (χ2n) is 9.97. The van der Waals surface area contributed by atoms with Gasteiger partial charge in [-0.25, -0.2) is 19.3 Å². The lowest BCUT2D eigenvalue weighted by molar-refractivity contribution is -0.235. The number of nitrogens with zero attached hydrogens (tertiary/aromatic N) is 4. The number of carbonyl (C=O) groups excluding carboxylic acids is 1. The van der Waals surface area contributed by atoms with Crippen molar-refractivity contribution in [2.24, 2.45) is 5.41 Å². The number of aromatic amines is 1. The average Bonchev–Trinajstić information content (AvgIpc) is 3.68. The van der Waals surface area contributed by atoms with Crippen LogP contribution in [0.2, 0.25) is 0 Å². The van der Waals surface area contributed by atoms with Crippen LogP contribution in [0.25, 0.3) is 22.6 Å². The molecule has 2 saturated heterocycles. The zero-order chi connectivity index (χ0) is 27.5. The van der Waals surface area contributed by atoms with E-state index >= 15 is 0 Å². The van der Waals surface area contributed by atoms with Crippen molar-refractivity contribution >= 4 is 11.9 Å². The summed E-state index contributed by atoms with van der Waals surface area (Å²) < 4.78 is 36.5. The van der Waals surface area contributed by atoms with Crippen LogP contribution in [0.5, 0.6) is 0 Å². The van der Waals surface area contributed by atoms with E-state index in [2.05, 4.69) is 20.3 Å². The van der Waals surface area contributed by atoms with Gasteiger partial charge in [-0.3, -0.25) is 4.79 Å². The van der Waals surface area contributed by atoms with Crippen molar-refractivity contribution in [3.05, 3.63) is 72.3 Å². The molecule has 40 heavy (non-hydrogen) atoms. The number of amides is 1. The fourth-order valence-electron chi connectivity index (χ4n) is 4.71. The van der Waals surface area contributed by atoms with Gasteiger partial charge in [-0.2, -0.15) is 0 Å².